The van der Waals surface area contributed by atoms with Crippen molar-refractivity contribution in [1.82, 2.24) is 9.80 Å². The van der Waals surface area contributed by atoms with Gasteiger partial charge in [0.25, 0.3) is 0 Å². The second-order valence-corrected chi connectivity index (χ2v) is 12.5. The van der Waals surface area contributed by atoms with Crippen molar-refractivity contribution in [1.29, 1.82) is 0 Å². The van der Waals surface area contributed by atoms with Crippen molar-refractivity contribution in [3.05, 3.63) is 24.3 Å². The number of benzene rings is 1. The third-order valence-corrected chi connectivity index (χ3v) is 7.40. The summed E-state index contributed by atoms with van der Waals surface area (Å²) in [5.41, 5.74) is -1.27. The Balaban J connectivity index is 1.66. The lowest BCUT2D eigenvalue weighted by Crippen LogP contribution is -2.50. The van der Waals surface area contributed by atoms with Gasteiger partial charge in [0, 0.05) is 19.3 Å². The topological polar surface area (TPSA) is 143 Å². The second kappa shape index (κ2) is 10.8. The number of sulfone groups is 1. The lowest BCUT2D eigenvalue weighted by atomic mass is 9.87. The minimum absolute atomic E-state index is 0.0773. The Labute approximate surface area is 211 Å². The lowest BCUT2D eigenvalue weighted by molar-refractivity contribution is -0.0407. The summed E-state index contributed by atoms with van der Waals surface area (Å²) >= 11 is 0. The normalized spacial score (nSPS) is 20.7. The van der Waals surface area contributed by atoms with E-state index in [4.69, 9.17) is 14.2 Å². The van der Waals surface area contributed by atoms with Gasteiger partial charge in [-0.1, -0.05) is 6.07 Å². The van der Waals surface area contributed by atoms with Gasteiger partial charge in [0.05, 0.1) is 29.7 Å². The predicted molar refractivity (Wildman–Crippen MR) is 130 cm³/mol. The molecule has 11 nitrogen and oxygen atoms in total. The number of carboxylic acid groups (broad SMARTS) is 1. The highest BCUT2D eigenvalue weighted by atomic mass is 32.2. The smallest absolute Gasteiger partial charge is 0.410 e. The maximum atomic E-state index is 13.1. The van der Waals surface area contributed by atoms with Gasteiger partial charge < -0.3 is 34.2 Å². The maximum absolute atomic E-state index is 13.1. The zero-order valence-electron chi connectivity index (χ0n) is 21.2. The second-order valence-electron chi connectivity index (χ2n) is 10.5. The van der Waals surface area contributed by atoms with Crippen LogP contribution in [0.15, 0.2) is 29.2 Å². The number of carbonyl (C=O) groups is 2. The fourth-order valence-electron chi connectivity index (χ4n) is 4.43. The Morgan fingerprint density at radius 3 is 2.53 bits per heavy atom. The Kier molecular flexibility index (Phi) is 8.41. The quantitative estimate of drug-likeness (QED) is 0.545. The van der Waals surface area contributed by atoms with Gasteiger partial charge in [-0.15, -0.1) is 0 Å². The zero-order valence-corrected chi connectivity index (χ0v) is 22.0. The number of aliphatic hydroxyl groups excluding tert-OH is 1. The summed E-state index contributed by atoms with van der Waals surface area (Å²) in [6, 6.07) is 5.62. The predicted octanol–water partition coefficient (Wildman–Crippen LogP) is 2.37. The van der Waals surface area contributed by atoms with E-state index < -0.39 is 39.3 Å². The summed E-state index contributed by atoms with van der Waals surface area (Å²) in [6.45, 7) is 5.99. The summed E-state index contributed by atoms with van der Waals surface area (Å²) < 4.78 is 40.8. The third-order valence-electron chi connectivity index (χ3n) is 6.29. The van der Waals surface area contributed by atoms with Crippen LogP contribution in [0.25, 0.3) is 0 Å². The molecule has 2 fully saturated rings. The van der Waals surface area contributed by atoms with Crippen molar-refractivity contribution in [3.8, 4) is 5.75 Å². The molecule has 36 heavy (non-hydrogen) atoms. The Morgan fingerprint density at radius 1 is 1.28 bits per heavy atom. The van der Waals surface area contributed by atoms with Crippen LogP contribution >= 0.6 is 0 Å². The van der Waals surface area contributed by atoms with Gasteiger partial charge in [-0.3, -0.25) is 0 Å². The molecule has 1 spiro atoms. The van der Waals surface area contributed by atoms with E-state index in [0.29, 0.717) is 32.4 Å². The van der Waals surface area contributed by atoms with Crippen molar-refractivity contribution in [2.45, 2.75) is 68.3 Å². The molecule has 2 aliphatic rings. The van der Waals surface area contributed by atoms with E-state index in [1.54, 1.807) is 32.9 Å². The first-order valence-electron chi connectivity index (χ1n) is 11.9. The van der Waals surface area contributed by atoms with Gasteiger partial charge in [-0.25, -0.2) is 18.0 Å². The molecule has 3 rings (SSSR count). The highest BCUT2D eigenvalue weighted by molar-refractivity contribution is 7.90. The summed E-state index contributed by atoms with van der Waals surface area (Å²) in [5.74, 6) is 0.286. The number of hydrogen-bond donors (Lipinski definition) is 2. The number of nitrogens with zero attached hydrogens (tertiary/aromatic N) is 2. The first kappa shape index (κ1) is 28.0. The first-order chi connectivity index (χ1) is 16.7. The van der Waals surface area contributed by atoms with Crippen molar-refractivity contribution >= 4 is 22.0 Å². The van der Waals surface area contributed by atoms with E-state index >= 15 is 0 Å². The van der Waals surface area contributed by atoms with Crippen molar-refractivity contribution < 1.29 is 42.4 Å². The van der Waals surface area contributed by atoms with Crippen molar-refractivity contribution in [2.75, 3.05) is 39.1 Å². The molecule has 0 aliphatic carbocycles. The molecule has 2 amide bonds. The van der Waals surface area contributed by atoms with E-state index in [0.717, 1.165) is 6.26 Å². The molecule has 202 valence electrons. The van der Waals surface area contributed by atoms with Crippen LogP contribution < -0.4 is 4.74 Å². The number of amides is 2. The number of rotatable bonds is 7. The Bertz CT molecular complexity index is 1050. The molecule has 0 saturated carbocycles. The number of carbonyl (C=O) groups excluding carboxylic acids is 1. The average Bonchev–Trinajstić information content (AvgIpc) is 3.17. The molecule has 2 heterocycles. The molecular weight excluding hydrogens is 492 g/mol. The molecule has 2 aliphatic heterocycles. The molecule has 2 unspecified atom stereocenters. The lowest BCUT2D eigenvalue weighted by Gasteiger charge is -2.38. The third kappa shape index (κ3) is 7.47. The number of aliphatic hydroxyl groups is 1. The van der Waals surface area contributed by atoms with Gasteiger partial charge in [0.15, 0.2) is 9.84 Å². The molecule has 2 atom stereocenters. The number of hydrogen-bond acceptors (Lipinski definition) is 8. The molecule has 2 N–H and O–H groups in total. The summed E-state index contributed by atoms with van der Waals surface area (Å²) in [5, 5.41) is 19.9. The van der Waals surface area contributed by atoms with E-state index in [9.17, 15) is 28.2 Å². The minimum Gasteiger partial charge on any atom is -0.491 e. The largest absolute Gasteiger partial charge is 0.491 e. The van der Waals surface area contributed by atoms with Crippen LogP contribution in [0.3, 0.4) is 0 Å². The summed E-state index contributed by atoms with van der Waals surface area (Å²) in [6.07, 6.45) is 0.0327. The molecule has 1 aromatic carbocycles. The van der Waals surface area contributed by atoms with E-state index in [1.165, 1.54) is 21.9 Å². The molecule has 0 aromatic heterocycles. The van der Waals surface area contributed by atoms with E-state index in [-0.39, 0.29) is 36.4 Å². The van der Waals surface area contributed by atoms with Crippen LogP contribution in [0.4, 0.5) is 9.59 Å². The minimum atomic E-state index is -3.41. The Morgan fingerprint density at radius 2 is 1.94 bits per heavy atom. The monoisotopic (exact) mass is 528 g/mol. The fraction of sp³-hybridized carbons (Fsp3) is 0.667. The fourth-order valence-corrected chi connectivity index (χ4v) is 5.09. The number of piperidine rings is 1. The standard InChI is InChI=1S/C24H36N2O9S/c1-23(2,3)35-22(30)26(17-13-24(34-15-17)8-10-25(11-9-24)21(28)29)14-18(27)16-33-19-6-5-7-20(12-19)36(4,31)32/h5-7,12,17-18,27H,8-11,13-16H2,1-4H3,(H,28,29). The SMILES string of the molecule is CC(C)(C)OC(=O)N(CC(O)COc1cccc(S(C)(=O)=O)c1)C1COC2(CCN(C(=O)O)CC2)C1. The van der Waals surface area contributed by atoms with Crippen LogP contribution in [0, 0.1) is 0 Å². The first-order valence-corrected chi connectivity index (χ1v) is 13.8. The van der Waals surface area contributed by atoms with Crippen LogP contribution in [0.1, 0.15) is 40.0 Å². The van der Waals surface area contributed by atoms with E-state index in [1.807, 2.05) is 0 Å². The van der Waals surface area contributed by atoms with Crippen molar-refractivity contribution in [2.24, 2.45) is 0 Å². The van der Waals surface area contributed by atoms with Gasteiger partial charge in [0.2, 0.25) is 0 Å². The van der Waals surface area contributed by atoms with Crippen LogP contribution in [0.5, 0.6) is 5.75 Å². The maximum Gasteiger partial charge on any atom is 0.410 e. The molecule has 1 aromatic rings. The molecule has 12 heteroatoms. The van der Waals surface area contributed by atoms with E-state index in [2.05, 4.69) is 0 Å². The molecule has 0 radical (unpaired) electrons. The van der Waals surface area contributed by atoms with Crippen LogP contribution in [-0.4, -0.2) is 103 Å². The molecule has 2 saturated heterocycles. The van der Waals surface area contributed by atoms with Gasteiger partial charge in [0.1, 0.15) is 24.1 Å². The number of likely N-dealkylation sites (tertiary alicyclic amines) is 1. The highest BCUT2D eigenvalue weighted by Crippen LogP contribution is 2.38. The van der Waals surface area contributed by atoms with Crippen LogP contribution in [0.2, 0.25) is 0 Å². The summed E-state index contributed by atoms with van der Waals surface area (Å²) in [4.78, 5) is 27.2. The Hall–Kier alpha value is -2.57. The molecular formula is C24H36N2O9S. The van der Waals surface area contributed by atoms with Crippen LogP contribution in [-0.2, 0) is 19.3 Å². The van der Waals surface area contributed by atoms with Gasteiger partial charge >= 0.3 is 12.2 Å². The number of ether oxygens (including phenoxy) is 3. The zero-order chi connectivity index (χ0) is 26.7. The van der Waals surface area contributed by atoms with Gasteiger partial charge in [-0.05, 0) is 58.2 Å². The highest BCUT2D eigenvalue weighted by Gasteiger charge is 2.46. The van der Waals surface area contributed by atoms with Gasteiger partial charge in [-0.2, -0.15) is 0 Å². The van der Waals surface area contributed by atoms with Crippen molar-refractivity contribution in [3.63, 3.8) is 0 Å². The average molecular weight is 529 g/mol. The summed E-state index contributed by atoms with van der Waals surface area (Å²) in [7, 11) is -3.41. The molecule has 0 bridgehead atoms.